The van der Waals surface area contributed by atoms with Crippen molar-refractivity contribution in [3.8, 4) is 0 Å². The Hall–Kier alpha value is -2.40. The van der Waals surface area contributed by atoms with E-state index in [1.807, 2.05) is 103 Å². The Morgan fingerprint density at radius 3 is 1.47 bits per heavy atom. The van der Waals surface area contributed by atoms with E-state index in [0.29, 0.717) is 12.3 Å². The summed E-state index contributed by atoms with van der Waals surface area (Å²) in [5.74, 6) is 0. The summed E-state index contributed by atoms with van der Waals surface area (Å²) in [6.45, 7) is 0. The van der Waals surface area contributed by atoms with Gasteiger partial charge in [0.05, 0.1) is 0 Å². The maximum Gasteiger partial charge on any atom is 0.143 e. The first-order chi connectivity index (χ1) is 14.6. The van der Waals surface area contributed by atoms with Crippen LogP contribution in [0.3, 0.4) is 0 Å². The molecule has 152 valence electrons. The van der Waals surface area contributed by atoms with E-state index < -0.39 is 14.3 Å². The van der Waals surface area contributed by atoms with E-state index in [1.54, 1.807) is 0 Å². The van der Waals surface area contributed by atoms with Crippen molar-refractivity contribution >= 4 is 30.2 Å². The van der Waals surface area contributed by atoms with Gasteiger partial charge in [-0.3, -0.25) is 0 Å². The lowest BCUT2D eigenvalue weighted by Gasteiger charge is -2.26. The summed E-state index contributed by atoms with van der Waals surface area (Å²) < 4.78 is 28.9. The standard InChI is InChI=1S/C26H26O2P2/c27-29(23-13-5-1-6-14-23,24-15-7-2-8-16-24)21-22-30(28,25-17-9-3-10-18-25)26-19-11-4-12-20-26/h1-11,13-19H,12,20-22H2. The third kappa shape index (κ3) is 4.22. The molecule has 0 N–H and O–H groups in total. The van der Waals surface area contributed by atoms with E-state index in [2.05, 4.69) is 6.08 Å². The summed E-state index contributed by atoms with van der Waals surface area (Å²) in [4.78, 5) is 0. The molecule has 0 fully saturated rings. The van der Waals surface area contributed by atoms with Crippen LogP contribution in [-0.4, -0.2) is 12.3 Å². The zero-order chi connectivity index (χ0) is 20.9. The molecule has 0 aromatic heterocycles. The minimum atomic E-state index is -2.91. The van der Waals surface area contributed by atoms with Crippen molar-refractivity contribution in [2.24, 2.45) is 0 Å². The fraction of sp³-hybridized carbons (Fsp3) is 0.154. The van der Waals surface area contributed by atoms with Crippen LogP contribution in [0.1, 0.15) is 12.8 Å². The molecule has 0 saturated heterocycles. The SMILES string of the molecule is O=P(CCP(=O)(c1ccccc1)c1ccccc1)(C1=CC=CCC1)c1ccccc1. The van der Waals surface area contributed by atoms with Gasteiger partial charge in [0.15, 0.2) is 0 Å². The van der Waals surface area contributed by atoms with E-state index in [9.17, 15) is 9.13 Å². The highest BCUT2D eigenvalue weighted by Crippen LogP contribution is 2.58. The summed E-state index contributed by atoms with van der Waals surface area (Å²) in [5.41, 5.74) is 0. The summed E-state index contributed by atoms with van der Waals surface area (Å²) in [6, 6.07) is 29.1. The fourth-order valence-electron chi connectivity index (χ4n) is 4.02. The molecule has 4 rings (SSSR count). The number of hydrogen-bond donors (Lipinski definition) is 0. The minimum absolute atomic E-state index is 0.383. The van der Waals surface area contributed by atoms with Crippen LogP contribution in [0.5, 0.6) is 0 Å². The van der Waals surface area contributed by atoms with Gasteiger partial charge in [0.1, 0.15) is 14.3 Å². The maximum absolute atomic E-state index is 14.5. The second kappa shape index (κ2) is 9.17. The second-order valence-corrected chi connectivity index (χ2v) is 13.5. The quantitative estimate of drug-likeness (QED) is 0.434. The molecule has 0 bridgehead atoms. The second-order valence-electron chi connectivity index (χ2n) is 7.56. The Kier molecular flexibility index (Phi) is 6.38. The first kappa shape index (κ1) is 20.9. The van der Waals surface area contributed by atoms with Crippen LogP contribution in [0.2, 0.25) is 0 Å². The van der Waals surface area contributed by atoms with Crippen molar-refractivity contribution in [3.05, 3.63) is 115 Å². The van der Waals surface area contributed by atoms with Gasteiger partial charge in [-0.1, -0.05) is 109 Å². The Labute approximate surface area is 179 Å². The molecule has 0 saturated carbocycles. The summed E-state index contributed by atoms with van der Waals surface area (Å²) in [7, 11) is -5.76. The van der Waals surface area contributed by atoms with Gasteiger partial charge in [0.25, 0.3) is 0 Å². The van der Waals surface area contributed by atoms with Crippen molar-refractivity contribution < 1.29 is 9.13 Å². The summed E-state index contributed by atoms with van der Waals surface area (Å²) in [6.07, 6.45) is 8.60. The molecular formula is C26H26O2P2. The number of rotatable bonds is 7. The van der Waals surface area contributed by atoms with Crippen molar-refractivity contribution in [3.63, 3.8) is 0 Å². The molecule has 0 heterocycles. The molecule has 1 atom stereocenters. The van der Waals surface area contributed by atoms with Crippen LogP contribution < -0.4 is 15.9 Å². The van der Waals surface area contributed by atoms with E-state index in [-0.39, 0.29) is 0 Å². The predicted molar refractivity (Wildman–Crippen MR) is 130 cm³/mol. The van der Waals surface area contributed by atoms with Gasteiger partial charge in [-0.2, -0.15) is 0 Å². The molecule has 3 aromatic carbocycles. The molecule has 0 amide bonds. The van der Waals surface area contributed by atoms with Crippen molar-refractivity contribution in [2.45, 2.75) is 12.8 Å². The Morgan fingerprint density at radius 1 is 0.600 bits per heavy atom. The molecule has 0 radical (unpaired) electrons. The van der Waals surface area contributed by atoms with Crippen molar-refractivity contribution in [2.75, 3.05) is 12.3 Å². The molecule has 4 heteroatoms. The number of benzene rings is 3. The Balaban J connectivity index is 1.76. The minimum Gasteiger partial charge on any atom is -0.314 e. The average Bonchev–Trinajstić information content (AvgIpc) is 2.84. The molecule has 1 unspecified atom stereocenters. The fourth-order valence-corrected chi connectivity index (χ4v) is 10.7. The predicted octanol–water partition coefficient (Wildman–Crippen LogP) is 5.92. The number of allylic oxidation sites excluding steroid dienone is 4. The van der Waals surface area contributed by atoms with Gasteiger partial charge >= 0.3 is 0 Å². The van der Waals surface area contributed by atoms with Crippen molar-refractivity contribution in [1.29, 1.82) is 0 Å². The lowest BCUT2D eigenvalue weighted by Crippen LogP contribution is -2.22. The van der Waals surface area contributed by atoms with Crippen LogP contribution in [0.25, 0.3) is 0 Å². The molecular weight excluding hydrogens is 406 g/mol. The largest absolute Gasteiger partial charge is 0.314 e. The van der Waals surface area contributed by atoms with Gasteiger partial charge in [-0.15, -0.1) is 0 Å². The molecule has 0 aliphatic heterocycles. The van der Waals surface area contributed by atoms with Gasteiger partial charge in [-0.25, -0.2) is 0 Å². The lowest BCUT2D eigenvalue weighted by atomic mass is 10.2. The zero-order valence-electron chi connectivity index (χ0n) is 16.9. The third-order valence-electron chi connectivity index (χ3n) is 5.71. The lowest BCUT2D eigenvalue weighted by molar-refractivity contribution is 0.580. The van der Waals surface area contributed by atoms with E-state index >= 15 is 0 Å². The highest BCUT2D eigenvalue weighted by Gasteiger charge is 2.35. The first-order valence-corrected chi connectivity index (χ1v) is 14.1. The molecule has 1 aliphatic carbocycles. The Bertz CT molecular complexity index is 1090. The molecule has 3 aromatic rings. The highest BCUT2D eigenvalue weighted by atomic mass is 31.2. The summed E-state index contributed by atoms with van der Waals surface area (Å²) >= 11 is 0. The van der Waals surface area contributed by atoms with Crippen LogP contribution in [0.15, 0.2) is 115 Å². The topological polar surface area (TPSA) is 34.1 Å². The highest BCUT2D eigenvalue weighted by molar-refractivity contribution is 7.81. The first-order valence-electron chi connectivity index (χ1n) is 10.3. The smallest absolute Gasteiger partial charge is 0.143 e. The number of hydrogen-bond acceptors (Lipinski definition) is 2. The van der Waals surface area contributed by atoms with Crippen LogP contribution in [0.4, 0.5) is 0 Å². The normalized spacial score (nSPS) is 15.9. The average molecular weight is 432 g/mol. The third-order valence-corrected chi connectivity index (χ3v) is 12.5. The van der Waals surface area contributed by atoms with Crippen LogP contribution >= 0.6 is 14.3 Å². The molecule has 0 spiro atoms. The van der Waals surface area contributed by atoms with E-state index in [1.165, 1.54) is 0 Å². The van der Waals surface area contributed by atoms with Gasteiger partial charge in [0.2, 0.25) is 0 Å². The molecule has 30 heavy (non-hydrogen) atoms. The summed E-state index contributed by atoms with van der Waals surface area (Å²) in [5, 5.41) is 3.50. The Morgan fingerprint density at radius 2 is 1.03 bits per heavy atom. The van der Waals surface area contributed by atoms with E-state index in [0.717, 1.165) is 34.1 Å². The zero-order valence-corrected chi connectivity index (χ0v) is 18.7. The molecule has 1 aliphatic rings. The van der Waals surface area contributed by atoms with Crippen LogP contribution in [0, 0.1) is 0 Å². The van der Waals surface area contributed by atoms with Gasteiger partial charge in [0, 0.05) is 28.2 Å². The van der Waals surface area contributed by atoms with Crippen molar-refractivity contribution in [1.82, 2.24) is 0 Å². The monoisotopic (exact) mass is 432 g/mol. The molecule has 2 nitrogen and oxygen atoms in total. The van der Waals surface area contributed by atoms with Gasteiger partial charge < -0.3 is 9.13 Å². The van der Waals surface area contributed by atoms with E-state index in [4.69, 9.17) is 0 Å². The van der Waals surface area contributed by atoms with Crippen LogP contribution in [-0.2, 0) is 9.13 Å². The van der Waals surface area contributed by atoms with Gasteiger partial charge in [-0.05, 0) is 18.2 Å². The maximum atomic E-state index is 14.5.